The van der Waals surface area contributed by atoms with Crippen molar-refractivity contribution in [3.05, 3.63) is 41.0 Å². The number of benzene rings is 1. The molecule has 2 amide bonds. The topological polar surface area (TPSA) is 122 Å². The number of hydrogen-bond acceptors (Lipinski definition) is 4. The first-order valence-corrected chi connectivity index (χ1v) is 6.09. The number of nitrogens with two attached hydrogens (primary N) is 2. The zero-order chi connectivity index (χ0) is 15.1. The molecule has 106 valence electrons. The Balaban J connectivity index is 2.89. The summed E-state index contributed by atoms with van der Waals surface area (Å²) in [7, 11) is 0. The van der Waals surface area contributed by atoms with E-state index in [2.05, 4.69) is 5.32 Å². The number of hydrogen-bond donors (Lipinski definition) is 4. The average Bonchev–Trinajstić information content (AvgIpc) is 2.39. The summed E-state index contributed by atoms with van der Waals surface area (Å²) in [5.74, 6) is -1.00. The van der Waals surface area contributed by atoms with Gasteiger partial charge in [-0.2, -0.15) is 0 Å². The molecule has 0 spiro atoms. The van der Waals surface area contributed by atoms with Crippen molar-refractivity contribution in [2.24, 2.45) is 11.5 Å². The molecule has 6 N–H and O–H groups in total. The van der Waals surface area contributed by atoms with Crippen LogP contribution in [0.5, 0.6) is 0 Å². The lowest BCUT2D eigenvalue weighted by molar-refractivity contribution is -0.118. The largest absolute Gasteiger partial charge is 0.398 e. The number of carbonyl (C=O) groups is 2. The summed E-state index contributed by atoms with van der Waals surface area (Å²) in [4.78, 5) is 22.5. The third-order valence-corrected chi connectivity index (χ3v) is 2.70. The fraction of sp³-hybridized carbons (Fsp3) is 0.214. The van der Waals surface area contributed by atoms with E-state index < -0.39 is 11.8 Å². The second kappa shape index (κ2) is 7.08. The lowest BCUT2D eigenvalue weighted by Crippen LogP contribution is -2.30. The Hall–Kier alpha value is -2.63. The molecule has 0 bridgehead atoms. The van der Waals surface area contributed by atoms with Crippen LogP contribution in [0.15, 0.2) is 29.8 Å². The van der Waals surface area contributed by atoms with Gasteiger partial charge in [0.05, 0.1) is 11.3 Å². The summed E-state index contributed by atoms with van der Waals surface area (Å²) < 4.78 is 0. The van der Waals surface area contributed by atoms with Gasteiger partial charge in [-0.15, -0.1) is 0 Å². The zero-order valence-electron chi connectivity index (χ0n) is 11.3. The highest BCUT2D eigenvalue weighted by molar-refractivity contribution is 6.17. The number of carbonyl (C=O) groups excluding carboxylic acids is 2. The number of amides is 2. The monoisotopic (exact) mass is 274 g/mol. The Labute approximate surface area is 117 Å². The van der Waals surface area contributed by atoms with E-state index in [4.69, 9.17) is 16.9 Å². The van der Waals surface area contributed by atoms with Crippen LogP contribution >= 0.6 is 0 Å². The van der Waals surface area contributed by atoms with Crippen LogP contribution in [0.1, 0.15) is 17.5 Å². The van der Waals surface area contributed by atoms with E-state index in [0.717, 1.165) is 11.8 Å². The van der Waals surface area contributed by atoms with Crippen LogP contribution in [0.2, 0.25) is 0 Å². The van der Waals surface area contributed by atoms with E-state index in [1.54, 1.807) is 12.1 Å². The predicted molar refractivity (Wildman–Crippen MR) is 77.9 cm³/mol. The normalized spacial score (nSPS) is 11.4. The summed E-state index contributed by atoms with van der Waals surface area (Å²) >= 11 is 0. The average molecular weight is 274 g/mol. The SMILES string of the molecule is Cc1ccc(/C(N)=C(/C=N)C(=O)NCCC(N)=O)cc1. The maximum Gasteiger partial charge on any atom is 0.254 e. The highest BCUT2D eigenvalue weighted by atomic mass is 16.2. The Bertz CT molecular complexity index is 547. The van der Waals surface area contributed by atoms with Crippen molar-refractivity contribution in [2.75, 3.05) is 6.54 Å². The second-order valence-electron chi connectivity index (χ2n) is 4.31. The number of aryl methyl sites for hydroxylation is 1. The van der Waals surface area contributed by atoms with E-state index in [1.807, 2.05) is 19.1 Å². The predicted octanol–water partition coefficient (Wildman–Crippen LogP) is 0.306. The maximum absolute atomic E-state index is 11.9. The van der Waals surface area contributed by atoms with Gasteiger partial charge in [0.1, 0.15) is 0 Å². The molecular formula is C14H18N4O2. The van der Waals surface area contributed by atoms with Crippen LogP contribution in [0.3, 0.4) is 0 Å². The van der Waals surface area contributed by atoms with Crippen molar-refractivity contribution in [2.45, 2.75) is 13.3 Å². The number of rotatable bonds is 6. The van der Waals surface area contributed by atoms with Crippen LogP contribution in [-0.4, -0.2) is 24.6 Å². The van der Waals surface area contributed by atoms with Gasteiger partial charge in [0.15, 0.2) is 0 Å². The van der Waals surface area contributed by atoms with Crippen molar-refractivity contribution in [1.82, 2.24) is 5.32 Å². The summed E-state index contributed by atoms with van der Waals surface area (Å²) in [6.45, 7) is 2.06. The van der Waals surface area contributed by atoms with Gasteiger partial charge in [-0.3, -0.25) is 9.59 Å². The first-order chi connectivity index (χ1) is 9.45. The standard InChI is InChI=1S/C14H18N4O2/c1-9-2-4-10(5-3-9)13(17)11(8-15)14(20)18-7-6-12(16)19/h2-5,8,15H,6-7,17H2,1H3,(H2,16,19)(H,18,20)/b13-11+,15-8?. The molecule has 0 aromatic heterocycles. The highest BCUT2D eigenvalue weighted by Crippen LogP contribution is 2.13. The van der Waals surface area contributed by atoms with Crippen molar-refractivity contribution in [3.63, 3.8) is 0 Å². The van der Waals surface area contributed by atoms with Gasteiger partial charge in [0.25, 0.3) is 5.91 Å². The lowest BCUT2D eigenvalue weighted by Gasteiger charge is -2.09. The van der Waals surface area contributed by atoms with Crippen molar-refractivity contribution in [1.29, 1.82) is 5.41 Å². The lowest BCUT2D eigenvalue weighted by atomic mass is 10.1. The summed E-state index contributed by atoms with van der Waals surface area (Å²) in [6.07, 6.45) is 0.941. The van der Waals surface area contributed by atoms with Crippen LogP contribution < -0.4 is 16.8 Å². The zero-order valence-corrected chi connectivity index (χ0v) is 11.3. The molecule has 6 heteroatoms. The van der Waals surface area contributed by atoms with Gasteiger partial charge < -0.3 is 22.2 Å². The second-order valence-corrected chi connectivity index (χ2v) is 4.31. The van der Waals surface area contributed by atoms with Crippen LogP contribution in [0.4, 0.5) is 0 Å². The van der Waals surface area contributed by atoms with Gasteiger partial charge in [-0.1, -0.05) is 29.8 Å². The molecule has 20 heavy (non-hydrogen) atoms. The quantitative estimate of drug-likeness (QED) is 0.441. The number of nitrogens with one attached hydrogen (secondary N) is 2. The van der Waals surface area contributed by atoms with Crippen molar-refractivity contribution < 1.29 is 9.59 Å². The highest BCUT2D eigenvalue weighted by Gasteiger charge is 2.12. The van der Waals surface area contributed by atoms with Gasteiger partial charge in [-0.05, 0) is 12.5 Å². The molecule has 1 aromatic carbocycles. The minimum absolute atomic E-state index is 0.0431. The molecule has 0 unspecified atom stereocenters. The smallest absolute Gasteiger partial charge is 0.254 e. The third-order valence-electron chi connectivity index (χ3n) is 2.70. The van der Waals surface area contributed by atoms with E-state index >= 15 is 0 Å². The Morgan fingerprint density at radius 3 is 2.35 bits per heavy atom. The minimum atomic E-state index is -0.503. The van der Waals surface area contributed by atoms with Crippen LogP contribution in [-0.2, 0) is 9.59 Å². The molecule has 0 heterocycles. The first-order valence-electron chi connectivity index (χ1n) is 6.09. The Morgan fingerprint density at radius 1 is 1.25 bits per heavy atom. The molecule has 0 aliphatic carbocycles. The molecule has 0 saturated carbocycles. The van der Waals surface area contributed by atoms with Crippen LogP contribution in [0.25, 0.3) is 5.70 Å². The van der Waals surface area contributed by atoms with Crippen LogP contribution in [0, 0.1) is 12.3 Å². The van der Waals surface area contributed by atoms with Gasteiger partial charge in [0.2, 0.25) is 5.91 Å². The van der Waals surface area contributed by atoms with E-state index in [0.29, 0.717) is 5.56 Å². The van der Waals surface area contributed by atoms with E-state index in [1.165, 1.54) is 0 Å². The Kier molecular flexibility index (Phi) is 5.46. The maximum atomic E-state index is 11.9. The van der Waals surface area contributed by atoms with Crippen molar-refractivity contribution in [3.8, 4) is 0 Å². The molecule has 0 saturated heterocycles. The van der Waals surface area contributed by atoms with Gasteiger partial charge in [0, 0.05) is 19.2 Å². The number of primary amides is 1. The molecule has 1 aromatic rings. The molecule has 0 aliphatic rings. The summed E-state index contributed by atoms with van der Waals surface area (Å²) in [6, 6.07) is 7.30. The van der Waals surface area contributed by atoms with Gasteiger partial charge in [-0.25, -0.2) is 0 Å². The molecule has 1 rings (SSSR count). The molecule has 0 fully saturated rings. The summed E-state index contributed by atoms with van der Waals surface area (Å²) in [5, 5.41) is 9.82. The summed E-state index contributed by atoms with van der Waals surface area (Å²) in [5.41, 5.74) is 12.9. The van der Waals surface area contributed by atoms with E-state index in [-0.39, 0.29) is 24.2 Å². The first kappa shape index (κ1) is 15.4. The molecule has 6 nitrogen and oxygen atoms in total. The Morgan fingerprint density at radius 2 is 1.85 bits per heavy atom. The molecule has 0 atom stereocenters. The molecule has 0 aliphatic heterocycles. The third kappa shape index (κ3) is 4.24. The molecular weight excluding hydrogens is 256 g/mol. The minimum Gasteiger partial charge on any atom is -0.398 e. The van der Waals surface area contributed by atoms with E-state index in [9.17, 15) is 9.59 Å². The van der Waals surface area contributed by atoms with Crippen molar-refractivity contribution >= 4 is 23.7 Å². The fourth-order valence-corrected chi connectivity index (χ4v) is 1.55. The fourth-order valence-electron chi connectivity index (χ4n) is 1.55. The van der Waals surface area contributed by atoms with Gasteiger partial charge >= 0.3 is 0 Å². The molecule has 0 radical (unpaired) electrons.